The SMILES string of the molecule is O=C(c1ccc2[nH]c(=S)oc2c1)N1C[C@@H]2[C@@H](C1)[C@H]1CC[C@H]2O1. The third-order valence-electron chi connectivity index (χ3n) is 5.41. The maximum absolute atomic E-state index is 12.8. The minimum Gasteiger partial charge on any atom is -0.429 e. The Hall–Kier alpha value is -1.66. The first-order valence-corrected chi connectivity index (χ1v) is 8.17. The number of hydrogen-bond donors (Lipinski definition) is 1. The maximum Gasteiger partial charge on any atom is 0.266 e. The van der Waals surface area contributed by atoms with Crippen LogP contribution in [0, 0.1) is 16.7 Å². The standard InChI is InChI=1S/C16H16N2O3S/c19-15(8-1-2-11-14(5-8)21-16(22)17-11)18-6-9-10(7-18)13-4-3-12(9)20-13/h1-2,5,9-10,12-13H,3-4,6-7H2,(H,17,22)/t9-,10-,12-,13-/m1/s1. The Labute approximate surface area is 132 Å². The summed E-state index contributed by atoms with van der Waals surface area (Å²) >= 11 is 4.98. The van der Waals surface area contributed by atoms with Gasteiger partial charge < -0.3 is 19.0 Å². The van der Waals surface area contributed by atoms with Crippen molar-refractivity contribution in [2.75, 3.05) is 13.1 Å². The van der Waals surface area contributed by atoms with Crippen LogP contribution in [-0.4, -0.2) is 41.1 Å². The number of ether oxygens (including phenoxy) is 1. The molecule has 0 aliphatic carbocycles. The van der Waals surface area contributed by atoms with Gasteiger partial charge in [-0.25, -0.2) is 0 Å². The molecular formula is C16H16N2O3S. The van der Waals surface area contributed by atoms with Crippen LogP contribution in [0.25, 0.3) is 11.1 Å². The Balaban J connectivity index is 1.43. The van der Waals surface area contributed by atoms with Gasteiger partial charge in [-0.3, -0.25) is 4.79 Å². The Bertz CT molecular complexity index is 808. The molecule has 1 aromatic carbocycles. The van der Waals surface area contributed by atoms with Gasteiger partial charge >= 0.3 is 0 Å². The molecule has 1 N–H and O–H groups in total. The summed E-state index contributed by atoms with van der Waals surface area (Å²) in [5.41, 5.74) is 2.13. The first kappa shape index (κ1) is 12.8. The zero-order valence-electron chi connectivity index (χ0n) is 12.0. The number of nitrogens with one attached hydrogen (secondary N) is 1. The predicted octanol–water partition coefficient (Wildman–Crippen LogP) is 2.74. The number of H-pyrrole nitrogens is 1. The molecule has 2 bridgehead atoms. The lowest BCUT2D eigenvalue weighted by Crippen LogP contribution is -2.31. The molecule has 0 spiro atoms. The van der Waals surface area contributed by atoms with Gasteiger partial charge in [0, 0.05) is 30.5 Å². The van der Waals surface area contributed by atoms with E-state index in [0.717, 1.165) is 31.4 Å². The monoisotopic (exact) mass is 316 g/mol. The number of carbonyl (C=O) groups is 1. The van der Waals surface area contributed by atoms with E-state index >= 15 is 0 Å². The van der Waals surface area contributed by atoms with Crippen LogP contribution in [0.4, 0.5) is 0 Å². The highest BCUT2D eigenvalue weighted by Gasteiger charge is 2.53. The lowest BCUT2D eigenvalue weighted by atomic mass is 9.82. The number of benzene rings is 1. The highest BCUT2D eigenvalue weighted by atomic mass is 32.1. The van der Waals surface area contributed by atoms with Gasteiger partial charge in [0.2, 0.25) is 0 Å². The molecule has 0 unspecified atom stereocenters. The van der Waals surface area contributed by atoms with Crippen LogP contribution in [0.15, 0.2) is 22.6 Å². The molecule has 5 rings (SSSR count). The van der Waals surface area contributed by atoms with E-state index in [1.807, 2.05) is 17.0 Å². The van der Waals surface area contributed by atoms with Crippen molar-refractivity contribution in [2.24, 2.45) is 11.8 Å². The van der Waals surface area contributed by atoms with E-state index in [9.17, 15) is 4.79 Å². The number of fused-ring (bicyclic) bond motifs is 6. The van der Waals surface area contributed by atoms with Crippen LogP contribution in [0.3, 0.4) is 0 Å². The van der Waals surface area contributed by atoms with Crippen LogP contribution in [0.5, 0.6) is 0 Å². The number of rotatable bonds is 1. The molecule has 3 aliphatic heterocycles. The summed E-state index contributed by atoms with van der Waals surface area (Å²) in [7, 11) is 0. The highest BCUT2D eigenvalue weighted by molar-refractivity contribution is 7.71. The van der Waals surface area contributed by atoms with Crippen molar-refractivity contribution < 1.29 is 13.9 Å². The van der Waals surface area contributed by atoms with Gasteiger partial charge in [-0.15, -0.1) is 0 Å². The number of carbonyl (C=O) groups excluding carboxylic acids is 1. The molecule has 3 fully saturated rings. The predicted molar refractivity (Wildman–Crippen MR) is 82.2 cm³/mol. The molecule has 114 valence electrons. The fraction of sp³-hybridized carbons (Fsp3) is 0.500. The number of aromatic nitrogens is 1. The quantitative estimate of drug-likeness (QED) is 0.822. The Morgan fingerprint density at radius 1 is 1.23 bits per heavy atom. The summed E-state index contributed by atoms with van der Waals surface area (Å²) in [6, 6.07) is 5.47. The van der Waals surface area contributed by atoms with Crippen molar-refractivity contribution in [1.82, 2.24) is 9.88 Å². The normalized spacial score (nSPS) is 32.8. The average Bonchev–Trinajstić information content (AvgIpc) is 3.25. The lowest BCUT2D eigenvalue weighted by molar-refractivity contribution is 0.0594. The molecule has 3 saturated heterocycles. The van der Waals surface area contributed by atoms with Crippen molar-refractivity contribution in [3.63, 3.8) is 0 Å². The summed E-state index contributed by atoms with van der Waals surface area (Å²) in [6.07, 6.45) is 3.06. The van der Waals surface area contributed by atoms with Gasteiger partial charge in [0.1, 0.15) is 0 Å². The van der Waals surface area contributed by atoms with Gasteiger partial charge in [0.05, 0.1) is 17.7 Å². The van der Waals surface area contributed by atoms with E-state index < -0.39 is 0 Å². The Morgan fingerprint density at radius 3 is 2.68 bits per heavy atom. The third kappa shape index (κ3) is 1.74. The van der Waals surface area contributed by atoms with E-state index in [1.165, 1.54) is 0 Å². The van der Waals surface area contributed by atoms with Crippen molar-refractivity contribution in [1.29, 1.82) is 0 Å². The average molecular weight is 316 g/mol. The Kier molecular flexibility index (Phi) is 2.58. The van der Waals surface area contributed by atoms with Crippen LogP contribution >= 0.6 is 12.2 Å². The first-order valence-electron chi connectivity index (χ1n) is 7.76. The smallest absolute Gasteiger partial charge is 0.266 e. The Morgan fingerprint density at radius 2 is 1.95 bits per heavy atom. The number of nitrogens with zero attached hydrogens (tertiary/aromatic N) is 1. The van der Waals surface area contributed by atoms with E-state index in [-0.39, 0.29) is 5.91 Å². The van der Waals surface area contributed by atoms with Crippen molar-refractivity contribution in [3.05, 3.63) is 28.6 Å². The van der Waals surface area contributed by atoms with E-state index in [0.29, 0.717) is 40.0 Å². The molecule has 22 heavy (non-hydrogen) atoms. The molecule has 3 aliphatic rings. The highest BCUT2D eigenvalue weighted by Crippen LogP contribution is 2.47. The van der Waals surface area contributed by atoms with Gasteiger partial charge in [-0.1, -0.05) is 0 Å². The molecule has 1 aromatic heterocycles. The fourth-order valence-corrected chi connectivity index (χ4v) is 4.59. The van der Waals surface area contributed by atoms with Crippen molar-refractivity contribution in [3.8, 4) is 0 Å². The second kappa shape index (κ2) is 4.43. The van der Waals surface area contributed by atoms with Gasteiger partial charge in [-0.2, -0.15) is 0 Å². The zero-order chi connectivity index (χ0) is 14.8. The summed E-state index contributed by atoms with van der Waals surface area (Å²) < 4.78 is 11.4. The minimum atomic E-state index is 0.0815. The number of oxazole rings is 1. The van der Waals surface area contributed by atoms with Gasteiger partial charge in [-0.05, 0) is 43.3 Å². The van der Waals surface area contributed by atoms with Crippen LogP contribution in [0.1, 0.15) is 23.2 Å². The molecule has 4 atom stereocenters. The van der Waals surface area contributed by atoms with Crippen LogP contribution < -0.4 is 0 Å². The molecule has 4 heterocycles. The van der Waals surface area contributed by atoms with E-state index in [1.54, 1.807) is 6.07 Å². The van der Waals surface area contributed by atoms with Crippen molar-refractivity contribution in [2.45, 2.75) is 25.0 Å². The molecular weight excluding hydrogens is 300 g/mol. The van der Waals surface area contributed by atoms with E-state index in [2.05, 4.69) is 4.98 Å². The third-order valence-corrected chi connectivity index (χ3v) is 5.59. The molecule has 1 amide bonds. The maximum atomic E-state index is 12.8. The second-order valence-corrected chi connectivity index (χ2v) is 6.92. The van der Waals surface area contributed by atoms with Crippen molar-refractivity contribution >= 4 is 29.2 Å². The molecule has 5 nitrogen and oxygen atoms in total. The van der Waals surface area contributed by atoms with Gasteiger partial charge in [0.25, 0.3) is 10.7 Å². The van der Waals surface area contributed by atoms with E-state index in [4.69, 9.17) is 21.4 Å². The summed E-state index contributed by atoms with van der Waals surface area (Å²) in [6.45, 7) is 1.64. The molecule has 0 radical (unpaired) electrons. The number of aromatic amines is 1. The summed E-state index contributed by atoms with van der Waals surface area (Å²) in [5, 5.41) is 0. The summed E-state index contributed by atoms with van der Waals surface area (Å²) in [4.78, 5) is 18.0. The van der Waals surface area contributed by atoms with Crippen LogP contribution in [-0.2, 0) is 4.74 Å². The number of likely N-dealkylation sites (tertiary alicyclic amines) is 1. The topological polar surface area (TPSA) is 58.5 Å². The summed E-state index contributed by atoms with van der Waals surface area (Å²) in [5.74, 6) is 1.14. The molecule has 2 aromatic rings. The first-order chi connectivity index (χ1) is 10.7. The molecule has 6 heteroatoms. The van der Waals surface area contributed by atoms with Crippen LogP contribution in [0.2, 0.25) is 0 Å². The zero-order valence-corrected chi connectivity index (χ0v) is 12.8. The second-order valence-electron chi connectivity index (χ2n) is 6.55. The largest absolute Gasteiger partial charge is 0.429 e. The fourth-order valence-electron chi connectivity index (χ4n) is 4.39. The molecule has 0 saturated carbocycles. The number of amides is 1. The lowest BCUT2D eigenvalue weighted by Gasteiger charge is -2.18. The number of hydrogen-bond acceptors (Lipinski definition) is 4. The minimum absolute atomic E-state index is 0.0815. The van der Waals surface area contributed by atoms with Gasteiger partial charge in [0.15, 0.2) is 5.58 Å².